The molecule has 2 aromatic carbocycles. The average molecular weight is 417 g/mol. The van der Waals surface area contributed by atoms with E-state index in [9.17, 15) is 0 Å². The Kier molecular flexibility index (Phi) is 10.3. The van der Waals surface area contributed by atoms with Gasteiger partial charge in [-0.3, -0.25) is 0 Å². The number of likely N-dealkylation sites (N-methyl/N-ethyl adjacent to an activating group) is 1. The molecule has 0 unspecified atom stereocenters. The Morgan fingerprint density at radius 3 is 2.20 bits per heavy atom. The molecule has 6 heteroatoms. The summed E-state index contributed by atoms with van der Waals surface area (Å²) < 4.78 is 21.8. The first-order valence-electron chi connectivity index (χ1n) is 10.5. The van der Waals surface area contributed by atoms with Crippen LogP contribution in [0.5, 0.6) is 17.2 Å². The number of anilines is 1. The van der Waals surface area contributed by atoms with Crippen LogP contribution in [0.15, 0.2) is 42.5 Å². The second-order valence-corrected chi connectivity index (χ2v) is 7.20. The fraction of sp³-hybridized carbons (Fsp3) is 0.500. The van der Waals surface area contributed by atoms with Gasteiger partial charge in [-0.05, 0) is 50.2 Å². The molecule has 0 aliphatic heterocycles. The van der Waals surface area contributed by atoms with Crippen molar-refractivity contribution in [2.24, 2.45) is 0 Å². The largest absolute Gasteiger partial charge is 0.493 e. The van der Waals surface area contributed by atoms with Crippen LogP contribution >= 0.6 is 0 Å². The molecule has 166 valence electrons. The maximum atomic E-state index is 5.89. The quantitative estimate of drug-likeness (QED) is 0.433. The van der Waals surface area contributed by atoms with Crippen molar-refractivity contribution in [1.82, 2.24) is 4.90 Å². The van der Waals surface area contributed by atoms with Gasteiger partial charge in [0.05, 0.1) is 14.2 Å². The maximum absolute atomic E-state index is 5.89. The molecule has 0 atom stereocenters. The summed E-state index contributed by atoms with van der Waals surface area (Å²) in [5, 5.41) is 0. The van der Waals surface area contributed by atoms with E-state index in [-0.39, 0.29) is 0 Å². The lowest BCUT2D eigenvalue weighted by molar-refractivity contribution is 0.172. The maximum Gasteiger partial charge on any atom is 0.162 e. The summed E-state index contributed by atoms with van der Waals surface area (Å²) in [5.41, 5.74) is 2.34. The van der Waals surface area contributed by atoms with Gasteiger partial charge >= 0.3 is 0 Å². The molecule has 0 aromatic heterocycles. The van der Waals surface area contributed by atoms with E-state index in [2.05, 4.69) is 42.0 Å². The molecule has 0 spiro atoms. The van der Waals surface area contributed by atoms with E-state index < -0.39 is 0 Å². The molecular weight excluding hydrogens is 380 g/mol. The summed E-state index contributed by atoms with van der Waals surface area (Å²) in [6, 6.07) is 14.4. The normalized spacial score (nSPS) is 10.9. The minimum absolute atomic E-state index is 0.676. The van der Waals surface area contributed by atoms with Crippen molar-refractivity contribution in [3.05, 3.63) is 48.0 Å². The Balaban J connectivity index is 1.88. The minimum atomic E-state index is 0.676. The molecule has 0 radical (unpaired) electrons. The molecule has 0 aliphatic rings. The second kappa shape index (κ2) is 13.0. The number of nitrogens with zero attached hydrogens (tertiary/aromatic N) is 2. The van der Waals surface area contributed by atoms with Gasteiger partial charge in [-0.1, -0.05) is 12.1 Å². The fourth-order valence-electron chi connectivity index (χ4n) is 3.23. The third-order valence-corrected chi connectivity index (χ3v) is 5.04. The van der Waals surface area contributed by atoms with Crippen molar-refractivity contribution in [2.45, 2.75) is 19.9 Å². The highest BCUT2D eigenvalue weighted by Gasteiger charge is 2.10. The van der Waals surface area contributed by atoms with Gasteiger partial charge in [-0.2, -0.15) is 0 Å². The third-order valence-electron chi connectivity index (χ3n) is 5.04. The third kappa shape index (κ3) is 7.43. The van der Waals surface area contributed by atoms with Crippen molar-refractivity contribution in [1.29, 1.82) is 0 Å². The van der Waals surface area contributed by atoms with Crippen LogP contribution in [0.4, 0.5) is 5.69 Å². The summed E-state index contributed by atoms with van der Waals surface area (Å²) in [6.07, 6.45) is 1.04. The van der Waals surface area contributed by atoms with Gasteiger partial charge in [0.15, 0.2) is 11.5 Å². The summed E-state index contributed by atoms with van der Waals surface area (Å²) in [7, 11) is 7.15. The molecule has 0 amide bonds. The zero-order valence-electron chi connectivity index (χ0n) is 19.0. The van der Waals surface area contributed by atoms with Gasteiger partial charge in [0, 0.05) is 51.6 Å². The molecule has 0 heterocycles. The van der Waals surface area contributed by atoms with Crippen molar-refractivity contribution in [2.75, 3.05) is 66.1 Å². The van der Waals surface area contributed by atoms with Crippen LogP contribution in [0.3, 0.4) is 0 Å². The molecule has 30 heavy (non-hydrogen) atoms. The summed E-state index contributed by atoms with van der Waals surface area (Å²) in [5.74, 6) is 2.38. The number of benzene rings is 2. The Labute approximate surface area is 181 Å². The second-order valence-electron chi connectivity index (χ2n) is 7.20. The number of rotatable bonds is 14. The van der Waals surface area contributed by atoms with Crippen LogP contribution < -0.4 is 19.1 Å². The van der Waals surface area contributed by atoms with Crippen molar-refractivity contribution in [3.63, 3.8) is 0 Å². The van der Waals surface area contributed by atoms with Gasteiger partial charge in [0.25, 0.3) is 0 Å². The molecule has 2 rings (SSSR count). The van der Waals surface area contributed by atoms with Gasteiger partial charge < -0.3 is 28.7 Å². The first kappa shape index (κ1) is 23.8. The highest BCUT2D eigenvalue weighted by molar-refractivity contribution is 5.56. The highest BCUT2D eigenvalue weighted by atomic mass is 16.5. The van der Waals surface area contributed by atoms with E-state index in [1.807, 2.05) is 24.3 Å². The monoisotopic (exact) mass is 416 g/mol. The number of ether oxygens (including phenoxy) is 4. The molecule has 6 nitrogen and oxygen atoms in total. The molecule has 0 N–H and O–H groups in total. The van der Waals surface area contributed by atoms with E-state index >= 15 is 0 Å². The number of hydrogen-bond donors (Lipinski definition) is 0. The van der Waals surface area contributed by atoms with Gasteiger partial charge in [0.2, 0.25) is 0 Å². The smallest absolute Gasteiger partial charge is 0.162 e. The lowest BCUT2D eigenvalue weighted by atomic mass is 10.2. The van der Waals surface area contributed by atoms with Gasteiger partial charge in [0.1, 0.15) is 12.4 Å². The number of hydrogen-bond acceptors (Lipinski definition) is 6. The highest BCUT2D eigenvalue weighted by Crippen LogP contribution is 2.32. The van der Waals surface area contributed by atoms with Crippen LogP contribution in [0, 0.1) is 0 Å². The lowest BCUT2D eigenvalue weighted by Gasteiger charge is -2.24. The van der Waals surface area contributed by atoms with Crippen LogP contribution in [-0.4, -0.2) is 66.1 Å². The Morgan fingerprint density at radius 2 is 1.57 bits per heavy atom. The molecule has 0 bridgehead atoms. The number of methoxy groups -OCH3 is 3. The Hall–Kier alpha value is -2.44. The van der Waals surface area contributed by atoms with E-state index in [1.54, 1.807) is 21.3 Å². The van der Waals surface area contributed by atoms with Crippen LogP contribution in [0.25, 0.3) is 0 Å². The summed E-state index contributed by atoms with van der Waals surface area (Å²) in [4.78, 5) is 4.56. The van der Waals surface area contributed by atoms with Crippen molar-refractivity contribution in [3.8, 4) is 17.2 Å². The topological polar surface area (TPSA) is 43.4 Å². The van der Waals surface area contributed by atoms with Crippen LogP contribution in [-0.2, 0) is 11.3 Å². The average Bonchev–Trinajstić information content (AvgIpc) is 2.78. The zero-order chi connectivity index (χ0) is 21.8. The molecule has 0 aliphatic carbocycles. The predicted molar refractivity (Wildman–Crippen MR) is 122 cm³/mol. The van der Waals surface area contributed by atoms with Crippen LogP contribution in [0.2, 0.25) is 0 Å². The summed E-state index contributed by atoms with van der Waals surface area (Å²) >= 11 is 0. The van der Waals surface area contributed by atoms with Gasteiger partial charge in [-0.15, -0.1) is 0 Å². The lowest BCUT2D eigenvalue weighted by Crippen LogP contribution is -2.26. The Bertz CT molecular complexity index is 736. The van der Waals surface area contributed by atoms with Gasteiger partial charge in [-0.25, -0.2) is 0 Å². The van der Waals surface area contributed by atoms with Crippen LogP contribution in [0.1, 0.15) is 18.9 Å². The SMILES string of the molecule is CCN(Cc1ccc(OCCN(C)CCCOC)cc1)c1ccc(OC)c(OC)c1. The first-order chi connectivity index (χ1) is 14.6. The fourth-order valence-corrected chi connectivity index (χ4v) is 3.23. The Morgan fingerprint density at radius 1 is 0.833 bits per heavy atom. The molecule has 2 aromatic rings. The predicted octanol–water partition coefficient (Wildman–Crippen LogP) is 4.08. The molecule has 0 saturated heterocycles. The van der Waals surface area contributed by atoms with Crippen molar-refractivity contribution >= 4 is 5.69 Å². The van der Waals surface area contributed by atoms with E-state index in [0.29, 0.717) is 6.61 Å². The summed E-state index contributed by atoms with van der Waals surface area (Å²) in [6.45, 7) is 7.24. The van der Waals surface area contributed by atoms with Crippen molar-refractivity contribution < 1.29 is 18.9 Å². The molecule has 0 saturated carbocycles. The van der Waals surface area contributed by atoms with E-state index in [0.717, 1.165) is 62.1 Å². The van der Waals surface area contributed by atoms with E-state index in [1.165, 1.54) is 5.56 Å². The van der Waals surface area contributed by atoms with E-state index in [4.69, 9.17) is 18.9 Å². The minimum Gasteiger partial charge on any atom is -0.493 e. The zero-order valence-corrected chi connectivity index (χ0v) is 19.0. The standard InChI is InChI=1S/C24H36N2O4/c1-6-26(21-10-13-23(28-4)24(18-21)29-5)19-20-8-11-22(12-9-20)30-17-15-25(2)14-7-16-27-3/h8-13,18H,6-7,14-17,19H2,1-5H3. The molecule has 0 fully saturated rings. The molecular formula is C24H36N2O4. The first-order valence-corrected chi connectivity index (χ1v) is 10.5.